The van der Waals surface area contributed by atoms with Crippen molar-refractivity contribution in [3.8, 4) is 0 Å². The van der Waals surface area contributed by atoms with Crippen molar-refractivity contribution in [1.82, 2.24) is 0 Å². The minimum atomic E-state index is -0.769. The molecule has 0 amide bonds. The summed E-state index contributed by atoms with van der Waals surface area (Å²) in [6, 6.07) is 0. The van der Waals surface area contributed by atoms with Crippen LogP contribution in [0, 0.1) is 0 Å². The quantitative estimate of drug-likeness (QED) is 0.497. The maximum Gasteiger partial charge on any atom is 1.00 e. The molecule has 0 aliphatic rings. The molecule has 52 valence electrons. The average Bonchev–Trinajstić information content (AvgIpc) is 1.67. The molecule has 1 N–H and O–H groups in total. The van der Waals surface area contributed by atoms with Crippen molar-refractivity contribution < 1.29 is 57.6 Å². The third kappa shape index (κ3) is 7.71. The second-order valence-corrected chi connectivity index (χ2v) is 5.30. The molecule has 0 aliphatic carbocycles. The molecule has 0 saturated heterocycles. The zero-order valence-corrected chi connectivity index (χ0v) is 11.6. The minimum absolute atomic E-state index is 0. The Balaban J connectivity index is -0.000000245. The number of rotatable bonds is 3. The maximum absolute atomic E-state index is 8.86. The van der Waals surface area contributed by atoms with Gasteiger partial charge in [0.15, 0.2) is 9.76 Å². The first-order valence-electron chi connectivity index (χ1n) is 3.23. The third-order valence-electron chi connectivity index (χ3n) is 1.35. The van der Waals surface area contributed by atoms with Crippen LogP contribution in [0.1, 0.15) is 35.0 Å². The van der Waals surface area contributed by atoms with Crippen LogP contribution in [0.5, 0.6) is 0 Å². The van der Waals surface area contributed by atoms with Gasteiger partial charge in [-0.2, -0.15) is 0 Å². The summed E-state index contributed by atoms with van der Waals surface area (Å²) in [5, 5.41) is 0.286. The van der Waals surface area contributed by atoms with Gasteiger partial charge in [0.1, 0.15) is 0 Å². The molecule has 0 aromatic carbocycles. The molecule has 0 unspecified atom stereocenters. The van der Waals surface area contributed by atoms with E-state index in [1.807, 2.05) is 0 Å². The van der Waals surface area contributed by atoms with Crippen molar-refractivity contribution in [2.75, 3.05) is 0 Å². The van der Waals surface area contributed by atoms with Gasteiger partial charge in [0.2, 0.25) is 0 Å². The van der Waals surface area contributed by atoms with E-state index in [0.29, 0.717) is 0 Å². The van der Waals surface area contributed by atoms with Crippen molar-refractivity contribution in [3.05, 3.63) is 0 Å². The van der Waals surface area contributed by atoms with E-state index in [9.17, 15) is 0 Å². The standard InChI is InChI=1S/C6H16OSi.K.H/c1-4-5-6(2,3)8-7;;/h7H,4-5,8H2,1-3H3;;/q;+1;-1. The average molecular weight is 172 g/mol. The Morgan fingerprint density at radius 1 is 1.56 bits per heavy atom. The Morgan fingerprint density at radius 3 is 2.11 bits per heavy atom. The first kappa shape index (κ1) is 13.4. The molecule has 0 saturated carbocycles. The van der Waals surface area contributed by atoms with E-state index in [2.05, 4.69) is 20.8 Å². The topological polar surface area (TPSA) is 20.2 Å². The SMILES string of the molecule is CCCC(C)(C)[SiH2]O.[H-].[K+]. The molecule has 0 radical (unpaired) electrons. The van der Waals surface area contributed by atoms with E-state index in [1.165, 1.54) is 12.8 Å². The summed E-state index contributed by atoms with van der Waals surface area (Å²) >= 11 is 0. The summed E-state index contributed by atoms with van der Waals surface area (Å²) < 4.78 is 0. The zero-order valence-electron chi connectivity index (χ0n) is 8.07. The molecule has 0 heterocycles. The minimum Gasteiger partial charge on any atom is -1.00 e. The van der Waals surface area contributed by atoms with Crippen molar-refractivity contribution in [1.29, 1.82) is 0 Å². The van der Waals surface area contributed by atoms with Gasteiger partial charge >= 0.3 is 51.4 Å². The summed E-state index contributed by atoms with van der Waals surface area (Å²) in [6.45, 7) is 6.44. The van der Waals surface area contributed by atoms with Crippen molar-refractivity contribution in [3.63, 3.8) is 0 Å². The molecular formula is C6H17KOSi. The van der Waals surface area contributed by atoms with Crippen molar-refractivity contribution >= 4 is 9.76 Å². The first-order chi connectivity index (χ1) is 3.62. The van der Waals surface area contributed by atoms with Crippen LogP contribution in [0.4, 0.5) is 0 Å². The maximum atomic E-state index is 8.86. The van der Waals surface area contributed by atoms with Gasteiger partial charge in [0.25, 0.3) is 0 Å². The fraction of sp³-hybridized carbons (Fsp3) is 1.00. The normalized spacial score (nSPS) is 12.0. The van der Waals surface area contributed by atoms with Crippen LogP contribution in [-0.2, 0) is 0 Å². The summed E-state index contributed by atoms with van der Waals surface area (Å²) in [7, 11) is -0.769. The molecule has 0 atom stereocenters. The predicted molar refractivity (Wildman–Crippen MR) is 40.8 cm³/mol. The monoisotopic (exact) mass is 172 g/mol. The van der Waals surface area contributed by atoms with Crippen LogP contribution >= 0.6 is 0 Å². The van der Waals surface area contributed by atoms with Crippen molar-refractivity contribution in [2.24, 2.45) is 0 Å². The van der Waals surface area contributed by atoms with Gasteiger partial charge in [-0.15, -0.1) is 0 Å². The van der Waals surface area contributed by atoms with E-state index in [0.717, 1.165) is 0 Å². The van der Waals surface area contributed by atoms with Gasteiger partial charge < -0.3 is 6.22 Å². The Kier molecular flexibility index (Phi) is 9.71. The fourth-order valence-corrected chi connectivity index (χ4v) is 1.27. The van der Waals surface area contributed by atoms with Crippen LogP contribution < -0.4 is 51.4 Å². The molecule has 3 heteroatoms. The second-order valence-electron chi connectivity index (χ2n) is 3.07. The smallest absolute Gasteiger partial charge is 1.00 e. The van der Waals surface area contributed by atoms with Gasteiger partial charge in [0.05, 0.1) is 0 Å². The van der Waals surface area contributed by atoms with E-state index in [4.69, 9.17) is 4.80 Å². The van der Waals surface area contributed by atoms with Crippen LogP contribution in [-0.4, -0.2) is 14.6 Å². The second kappa shape index (κ2) is 6.52. The van der Waals surface area contributed by atoms with Gasteiger partial charge in [-0.05, 0) is 11.5 Å². The molecular weight excluding hydrogens is 155 g/mol. The first-order valence-corrected chi connectivity index (χ1v) is 4.57. The van der Waals surface area contributed by atoms with Gasteiger partial charge in [0, 0.05) is 0 Å². The van der Waals surface area contributed by atoms with Gasteiger partial charge in [-0.3, -0.25) is 0 Å². The molecule has 0 aromatic rings. The molecule has 0 aliphatic heterocycles. The van der Waals surface area contributed by atoms with E-state index >= 15 is 0 Å². The fourth-order valence-electron chi connectivity index (χ4n) is 0.756. The molecule has 0 spiro atoms. The van der Waals surface area contributed by atoms with Crippen molar-refractivity contribution in [2.45, 2.75) is 38.7 Å². The third-order valence-corrected chi connectivity index (χ3v) is 2.56. The Bertz CT molecular complexity index is 70.8. The van der Waals surface area contributed by atoms with E-state index in [-0.39, 0.29) is 57.8 Å². The van der Waals surface area contributed by atoms with Gasteiger partial charge in [-0.25, -0.2) is 0 Å². The summed E-state index contributed by atoms with van der Waals surface area (Å²) in [6.07, 6.45) is 2.37. The molecule has 9 heavy (non-hydrogen) atoms. The summed E-state index contributed by atoms with van der Waals surface area (Å²) in [5.41, 5.74) is 0. The molecule has 1 nitrogen and oxygen atoms in total. The van der Waals surface area contributed by atoms with Crippen LogP contribution in [0.15, 0.2) is 0 Å². The van der Waals surface area contributed by atoms with Crippen LogP contribution in [0.2, 0.25) is 5.04 Å². The largest absolute Gasteiger partial charge is 1.00 e. The molecule has 0 fully saturated rings. The summed E-state index contributed by atoms with van der Waals surface area (Å²) in [5.74, 6) is 0. The Labute approximate surface area is 104 Å². The molecule has 0 bridgehead atoms. The zero-order chi connectivity index (χ0) is 6.62. The van der Waals surface area contributed by atoms with Gasteiger partial charge in [-0.1, -0.05) is 27.2 Å². The number of hydrogen-bond donors (Lipinski definition) is 1. The van der Waals surface area contributed by atoms with Crippen LogP contribution in [0.3, 0.4) is 0 Å². The van der Waals surface area contributed by atoms with E-state index in [1.54, 1.807) is 0 Å². The summed E-state index contributed by atoms with van der Waals surface area (Å²) in [4.78, 5) is 8.86. The van der Waals surface area contributed by atoms with Crippen LogP contribution in [0.25, 0.3) is 0 Å². The molecule has 0 rings (SSSR count). The molecule has 0 aromatic heterocycles. The Hall–Kier alpha value is 1.81. The number of hydrogen-bond acceptors (Lipinski definition) is 1. The van der Waals surface area contributed by atoms with E-state index < -0.39 is 9.76 Å². The predicted octanol–water partition coefficient (Wildman–Crippen LogP) is -1.82. The Morgan fingerprint density at radius 2 is 2.00 bits per heavy atom.